The molecule has 1 amide bonds. The minimum Gasteiger partial charge on any atom is -0.393 e. The van der Waals surface area contributed by atoms with Crippen LogP contribution in [0.4, 0.5) is 0 Å². The number of hydrogen-bond donors (Lipinski definition) is 2. The van der Waals surface area contributed by atoms with Crippen LogP contribution < -0.4 is 5.32 Å². The van der Waals surface area contributed by atoms with Crippen LogP contribution in [0.1, 0.15) is 58.1 Å². The van der Waals surface area contributed by atoms with E-state index in [1.807, 2.05) is 12.1 Å². The number of nitrogens with one attached hydrogen (secondary N) is 1. The van der Waals surface area contributed by atoms with E-state index in [2.05, 4.69) is 38.2 Å². The van der Waals surface area contributed by atoms with Crippen molar-refractivity contribution in [3.63, 3.8) is 0 Å². The third-order valence-electron chi connectivity index (χ3n) is 4.81. The molecule has 0 heterocycles. The van der Waals surface area contributed by atoms with Gasteiger partial charge in [0, 0.05) is 6.54 Å². The minimum absolute atomic E-state index is 0.103. The molecule has 3 heteroatoms. The minimum atomic E-state index is -0.435. The van der Waals surface area contributed by atoms with Crippen molar-refractivity contribution in [2.75, 3.05) is 6.54 Å². The predicted octanol–water partition coefficient (Wildman–Crippen LogP) is 3.19. The summed E-state index contributed by atoms with van der Waals surface area (Å²) in [6.07, 6.45) is 3.34. The highest BCUT2D eigenvalue weighted by Crippen LogP contribution is 2.37. The van der Waals surface area contributed by atoms with E-state index in [4.69, 9.17) is 0 Å². The standard InChI is InChI=1S/C19H29NO2/c1-14(21)12-18(2,3)13-20-17(22)19(4)11-7-9-15-8-5-6-10-16(15)19/h5-6,8,10,14,21H,7,9,11-13H2,1-4H3,(H,20,22). The Morgan fingerprint density at radius 1 is 1.41 bits per heavy atom. The van der Waals surface area contributed by atoms with Gasteiger partial charge in [0.1, 0.15) is 0 Å². The predicted molar refractivity (Wildman–Crippen MR) is 89.8 cm³/mol. The number of amides is 1. The van der Waals surface area contributed by atoms with Crippen LogP contribution in [0.5, 0.6) is 0 Å². The first-order chi connectivity index (χ1) is 10.2. The van der Waals surface area contributed by atoms with Crippen LogP contribution >= 0.6 is 0 Å². The Kier molecular flexibility index (Phi) is 4.96. The number of aliphatic hydroxyl groups excluding tert-OH is 1. The van der Waals surface area contributed by atoms with E-state index in [9.17, 15) is 9.90 Å². The van der Waals surface area contributed by atoms with Gasteiger partial charge in [0.15, 0.2) is 0 Å². The van der Waals surface area contributed by atoms with Crippen LogP contribution in [0.25, 0.3) is 0 Å². The van der Waals surface area contributed by atoms with Gasteiger partial charge in [-0.2, -0.15) is 0 Å². The molecule has 2 atom stereocenters. The summed E-state index contributed by atoms with van der Waals surface area (Å²) in [5, 5.41) is 12.7. The maximum atomic E-state index is 12.8. The van der Waals surface area contributed by atoms with Crippen molar-refractivity contribution in [1.82, 2.24) is 5.32 Å². The summed E-state index contributed by atoms with van der Waals surface area (Å²) < 4.78 is 0. The molecular formula is C19H29NO2. The van der Waals surface area contributed by atoms with Crippen LogP contribution in [-0.2, 0) is 16.6 Å². The van der Waals surface area contributed by atoms with Crippen LogP contribution in [0.15, 0.2) is 24.3 Å². The Hall–Kier alpha value is -1.35. The van der Waals surface area contributed by atoms with Crippen molar-refractivity contribution in [2.45, 2.75) is 64.9 Å². The van der Waals surface area contributed by atoms with E-state index in [0.717, 1.165) is 19.3 Å². The molecule has 22 heavy (non-hydrogen) atoms. The van der Waals surface area contributed by atoms with Gasteiger partial charge in [-0.15, -0.1) is 0 Å². The molecule has 2 N–H and O–H groups in total. The van der Waals surface area contributed by atoms with E-state index in [-0.39, 0.29) is 17.4 Å². The lowest BCUT2D eigenvalue weighted by Crippen LogP contribution is -2.47. The molecule has 2 unspecified atom stereocenters. The number of benzene rings is 1. The molecule has 2 rings (SSSR count). The molecule has 3 nitrogen and oxygen atoms in total. The Bertz CT molecular complexity index is 536. The topological polar surface area (TPSA) is 49.3 Å². The van der Waals surface area contributed by atoms with E-state index in [0.29, 0.717) is 13.0 Å². The van der Waals surface area contributed by atoms with Crippen LogP contribution in [0.3, 0.4) is 0 Å². The second kappa shape index (κ2) is 6.41. The van der Waals surface area contributed by atoms with Crippen molar-refractivity contribution in [3.05, 3.63) is 35.4 Å². The first kappa shape index (κ1) is 17.0. The number of carbonyl (C=O) groups is 1. The maximum absolute atomic E-state index is 12.8. The molecule has 0 aromatic heterocycles. The number of rotatable bonds is 5. The molecule has 0 bridgehead atoms. The Morgan fingerprint density at radius 2 is 2.09 bits per heavy atom. The molecule has 0 spiro atoms. The van der Waals surface area contributed by atoms with Crippen LogP contribution in [0, 0.1) is 5.41 Å². The van der Waals surface area contributed by atoms with E-state index >= 15 is 0 Å². The summed E-state index contributed by atoms with van der Waals surface area (Å²) in [5.41, 5.74) is 1.94. The van der Waals surface area contributed by atoms with Gasteiger partial charge >= 0.3 is 0 Å². The average molecular weight is 303 g/mol. The summed E-state index contributed by atoms with van der Waals surface area (Å²) in [6, 6.07) is 8.30. The van der Waals surface area contributed by atoms with Gasteiger partial charge < -0.3 is 10.4 Å². The van der Waals surface area contributed by atoms with Crippen molar-refractivity contribution < 1.29 is 9.90 Å². The Balaban J connectivity index is 2.10. The first-order valence-corrected chi connectivity index (χ1v) is 8.29. The fraction of sp³-hybridized carbons (Fsp3) is 0.632. The molecule has 1 aromatic rings. The summed E-state index contributed by atoms with van der Waals surface area (Å²) in [7, 11) is 0. The van der Waals surface area contributed by atoms with Gasteiger partial charge in [-0.25, -0.2) is 0 Å². The molecule has 1 aromatic carbocycles. The highest BCUT2D eigenvalue weighted by molar-refractivity contribution is 5.88. The molecule has 0 radical (unpaired) electrons. The average Bonchev–Trinajstić information content (AvgIpc) is 2.44. The van der Waals surface area contributed by atoms with E-state index in [1.54, 1.807) is 6.92 Å². The summed E-state index contributed by atoms with van der Waals surface area (Å²) in [5.74, 6) is 0.110. The number of aryl methyl sites for hydroxylation is 1. The van der Waals surface area contributed by atoms with Crippen molar-refractivity contribution in [1.29, 1.82) is 0 Å². The molecule has 1 aliphatic rings. The van der Waals surface area contributed by atoms with Gasteiger partial charge in [0.25, 0.3) is 0 Å². The second-order valence-corrected chi connectivity index (χ2v) is 7.74. The van der Waals surface area contributed by atoms with Crippen LogP contribution in [-0.4, -0.2) is 23.7 Å². The van der Waals surface area contributed by atoms with Gasteiger partial charge in [-0.05, 0) is 56.1 Å². The highest BCUT2D eigenvalue weighted by Gasteiger charge is 2.39. The molecular weight excluding hydrogens is 274 g/mol. The second-order valence-electron chi connectivity index (χ2n) is 7.74. The molecule has 1 aliphatic carbocycles. The highest BCUT2D eigenvalue weighted by atomic mass is 16.3. The molecule has 122 valence electrons. The van der Waals surface area contributed by atoms with Gasteiger partial charge in [-0.3, -0.25) is 4.79 Å². The van der Waals surface area contributed by atoms with Crippen molar-refractivity contribution in [3.8, 4) is 0 Å². The normalized spacial score (nSPS) is 22.8. The number of fused-ring (bicyclic) bond motifs is 1. The maximum Gasteiger partial charge on any atom is 0.230 e. The quantitative estimate of drug-likeness (QED) is 0.877. The number of carbonyl (C=O) groups excluding carboxylic acids is 1. The fourth-order valence-corrected chi connectivity index (χ4v) is 3.67. The third-order valence-corrected chi connectivity index (χ3v) is 4.81. The number of aliphatic hydroxyl groups is 1. The lowest BCUT2D eigenvalue weighted by molar-refractivity contribution is -0.127. The third kappa shape index (κ3) is 3.70. The summed E-state index contributed by atoms with van der Waals surface area (Å²) >= 11 is 0. The summed E-state index contributed by atoms with van der Waals surface area (Å²) in [6.45, 7) is 8.60. The smallest absolute Gasteiger partial charge is 0.230 e. The van der Waals surface area contributed by atoms with Crippen molar-refractivity contribution in [2.24, 2.45) is 5.41 Å². The number of hydrogen-bond acceptors (Lipinski definition) is 2. The Morgan fingerprint density at radius 3 is 2.77 bits per heavy atom. The zero-order valence-corrected chi connectivity index (χ0v) is 14.3. The Labute approximate surface area is 134 Å². The van der Waals surface area contributed by atoms with E-state index < -0.39 is 5.41 Å². The fourth-order valence-electron chi connectivity index (χ4n) is 3.67. The van der Waals surface area contributed by atoms with Gasteiger partial charge in [0.2, 0.25) is 5.91 Å². The van der Waals surface area contributed by atoms with E-state index in [1.165, 1.54) is 11.1 Å². The first-order valence-electron chi connectivity index (χ1n) is 8.29. The molecule has 0 fully saturated rings. The lowest BCUT2D eigenvalue weighted by atomic mass is 9.70. The molecule has 0 aliphatic heterocycles. The van der Waals surface area contributed by atoms with Gasteiger partial charge in [-0.1, -0.05) is 38.1 Å². The lowest BCUT2D eigenvalue weighted by Gasteiger charge is -2.36. The SMILES string of the molecule is CC(O)CC(C)(C)CNC(=O)C1(C)CCCc2ccccc21. The summed E-state index contributed by atoms with van der Waals surface area (Å²) in [4.78, 5) is 12.8. The monoisotopic (exact) mass is 303 g/mol. The zero-order valence-electron chi connectivity index (χ0n) is 14.3. The molecule has 0 saturated carbocycles. The zero-order chi connectivity index (χ0) is 16.4. The van der Waals surface area contributed by atoms with Crippen molar-refractivity contribution >= 4 is 5.91 Å². The van der Waals surface area contributed by atoms with Crippen LogP contribution in [0.2, 0.25) is 0 Å². The molecule has 0 saturated heterocycles. The largest absolute Gasteiger partial charge is 0.393 e. The van der Waals surface area contributed by atoms with Gasteiger partial charge in [0.05, 0.1) is 11.5 Å².